The zero-order chi connectivity index (χ0) is 12.3. The van der Waals surface area contributed by atoms with E-state index < -0.39 is 18.1 Å². The van der Waals surface area contributed by atoms with Crippen LogP contribution in [0.2, 0.25) is 0 Å². The Kier molecular flexibility index (Phi) is 4.00. The lowest BCUT2D eigenvalue weighted by atomic mass is 10.0. The van der Waals surface area contributed by atoms with Crippen molar-refractivity contribution in [2.45, 2.75) is 38.3 Å². The van der Waals surface area contributed by atoms with E-state index in [9.17, 15) is 14.4 Å². The summed E-state index contributed by atoms with van der Waals surface area (Å²) in [5, 5.41) is 0. The van der Waals surface area contributed by atoms with E-state index in [0.717, 1.165) is 4.90 Å². The van der Waals surface area contributed by atoms with E-state index in [1.54, 1.807) is 6.92 Å². The number of esters is 1. The van der Waals surface area contributed by atoms with Gasteiger partial charge in [0.1, 0.15) is 6.04 Å². The molecule has 0 aliphatic carbocycles. The van der Waals surface area contributed by atoms with Gasteiger partial charge in [-0.1, -0.05) is 0 Å². The summed E-state index contributed by atoms with van der Waals surface area (Å²) in [5.41, 5.74) is 5.61. The lowest BCUT2D eigenvalue weighted by Gasteiger charge is -2.32. The molecule has 2 atom stereocenters. The van der Waals surface area contributed by atoms with Crippen molar-refractivity contribution in [2.75, 3.05) is 7.11 Å². The van der Waals surface area contributed by atoms with Crippen LogP contribution in [0, 0.1) is 0 Å². The summed E-state index contributed by atoms with van der Waals surface area (Å²) in [4.78, 5) is 35.4. The Labute approximate surface area is 93.7 Å². The van der Waals surface area contributed by atoms with Crippen molar-refractivity contribution in [1.82, 2.24) is 4.90 Å². The molecule has 2 N–H and O–H groups in total. The molecule has 1 fully saturated rings. The van der Waals surface area contributed by atoms with Gasteiger partial charge in [0.05, 0.1) is 13.2 Å². The summed E-state index contributed by atoms with van der Waals surface area (Å²) in [6, 6.07) is -1.65. The predicted octanol–water partition coefficient (Wildman–Crippen LogP) is -0.586. The van der Waals surface area contributed by atoms with Gasteiger partial charge in [-0.2, -0.15) is 0 Å². The van der Waals surface area contributed by atoms with Crippen molar-refractivity contribution < 1.29 is 19.1 Å². The molecule has 1 saturated heterocycles. The minimum Gasteiger partial charge on any atom is -0.468 e. The van der Waals surface area contributed by atoms with Gasteiger partial charge in [-0.15, -0.1) is 0 Å². The van der Waals surface area contributed by atoms with Gasteiger partial charge >= 0.3 is 5.97 Å². The smallest absolute Gasteiger partial charge is 0.324 e. The second kappa shape index (κ2) is 5.07. The molecule has 16 heavy (non-hydrogen) atoms. The fourth-order valence-electron chi connectivity index (χ4n) is 1.72. The molecule has 2 unspecified atom stereocenters. The summed E-state index contributed by atoms with van der Waals surface area (Å²) >= 11 is 0. The Balaban J connectivity index is 2.78. The first-order chi connectivity index (χ1) is 7.49. The average molecular weight is 228 g/mol. The third kappa shape index (κ3) is 2.38. The minimum absolute atomic E-state index is 0.275. The molecule has 2 amide bonds. The molecule has 90 valence electrons. The number of carbonyl (C=O) groups is 3. The van der Waals surface area contributed by atoms with Crippen LogP contribution >= 0.6 is 0 Å². The van der Waals surface area contributed by atoms with Gasteiger partial charge < -0.3 is 10.5 Å². The second-order valence-corrected chi connectivity index (χ2v) is 3.80. The molecule has 1 aliphatic heterocycles. The molecule has 1 rings (SSSR count). The van der Waals surface area contributed by atoms with Crippen LogP contribution in [0.4, 0.5) is 0 Å². The molecular formula is C10H16N2O4. The summed E-state index contributed by atoms with van der Waals surface area (Å²) in [5.74, 6) is -1.18. The number of rotatable bonds is 3. The van der Waals surface area contributed by atoms with Gasteiger partial charge in [-0.25, -0.2) is 0 Å². The van der Waals surface area contributed by atoms with Gasteiger partial charge in [0.25, 0.3) is 0 Å². The van der Waals surface area contributed by atoms with E-state index >= 15 is 0 Å². The molecule has 0 bridgehead atoms. The first kappa shape index (κ1) is 12.6. The molecule has 0 spiro atoms. The number of piperidine rings is 1. The molecule has 0 aromatic rings. The molecule has 0 radical (unpaired) electrons. The molecule has 0 aromatic carbocycles. The lowest BCUT2D eigenvalue weighted by Crippen LogP contribution is -2.56. The number of hydrogen-bond acceptors (Lipinski definition) is 5. The normalized spacial score (nSPS) is 20.6. The van der Waals surface area contributed by atoms with E-state index in [4.69, 9.17) is 5.73 Å². The van der Waals surface area contributed by atoms with E-state index in [1.165, 1.54) is 7.11 Å². The quantitative estimate of drug-likeness (QED) is 0.515. The number of nitrogens with two attached hydrogens (primary N) is 1. The molecule has 1 heterocycles. The van der Waals surface area contributed by atoms with Gasteiger partial charge in [0.2, 0.25) is 11.8 Å². The van der Waals surface area contributed by atoms with Crippen molar-refractivity contribution in [3.8, 4) is 0 Å². The lowest BCUT2D eigenvalue weighted by molar-refractivity contribution is -0.153. The summed E-state index contributed by atoms with van der Waals surface area (Å²) in [6.07, 6.45) is 1.21. The number of hydrogen-bond donors (Lipinski definition) is 1. The standard InChI is InChI=1S/C10H16N2O4/c1-6(9(11)10(15)16-2)12-7(13)4-3-5-8(12)14/h6,9H,3-5,11H2,1-2H3. The average Bonchev–Trinajstić information content (AvgIpc) is 2.26. The van der Waals surface area contributed by atoms with Crippen molar-refractivity contribution in [2.24, 2.45) is 5.73 Å². The summed E-state index contributed by atoms with van der Waals surface area (Å²) in [6.45, 7) is 1.57. The van der Waals surface area contributed by atoms with Crippen LogP contribution in [0.1, 0.15) is 26.2 Å². The van der Waals surface area contributed by atoms with Gasteiger partial charge in [-0.3, -0.25) is 19.3 Å². The van der Waals surface area contributed by atoms with E-state index in [1.807, 2.05) is 0 Å². The number of imide groups is 1. The third-order valence-electron chi connectivity index (χ3n) is 2.72. The predicted molar refractivity (Wildman–Crippen MR) is 55.2 cm³/mol. The van der Waals surface area contributed by atoms with Gasteiger partial charge in [0, 0.05) is 12.8 Å². The Hall–Kier alpha value is -1.43. The fraction of sp³-hybridized carbons (Fsp3) is 0.700. The maximum Gasteiger partial charge on any atom is 0.324 e. The van der Waals surface area contributed by atoms with Crippen LogP contribution in [0.25, 0.3) is 0 Å². The first-order valence-electron chi connectivity index (χ1n) is 5.17. The zero-order valence-electron chi connectivity index (χ0n) is 9.43. The molecular weight excluding hydrogens is 212 g/mol. The minimum atomic E-state index is -0.990. The molecule has 1 aliphatic rings. The van der Waals surface area contributed by atoms with Crippen LogP contribution in [0.15, 0.2) is 0 Å². The van der Waals surface area contributed by atoms with Gasteiger partial charge in [-0.05, 0) is 13.3 Å². The fourth-order valence-corrected chi connectivity index (χ4v) is 1.72. The van der Waals surface area contributed by atoms with Crippen LogP contribution < -0.4 is 5.73 Å². The van der Waals surface area contributed by atoms with Crippen molar-refractivity contribution >= 4 is 17.8 Å². The molecule has 0 saturated carbocycles. The first-order valence-corrected chi connectivity index (χ1v) is 5.17. The number of methoxy groups -OCH3 is 1. The number of nitrogens with zero attached hydrogens (tertiary/aromatic N) is 1. The number of amides is 2. The van der Waals surface area contributed by atoms with Crippen LogP contribution in [-0.4, -0.2) is 41.9 Å². The molecule has 6 nitrogen and oxygen atoms in total. The Morgan fingerprint density at radius 2 is 1.88 bits per heavy atom. The Morgan fingerprint density at radius 1 is 1.38 bits per heavy atom. The maximum absolute atomic E-state index is 11.6. The SMILES string of the molecule is COC(=O)C(N)C(C)N1C(=O)CCCC1=O. The maximum atomic E-state index is 11.6. The molecule has 6 heteroatoms. The summed E-state index contributed by atoms with van der Waals surface area (Å²) < 4.78 is 4.48. The largest absolute Gasteiger partial charge is 0.468 e. The monoisotopic (exact) mass is 228 g/mol. The Morgan fingerprint density at radius 3 is 2.31 bits per heavy atom. The topological polar surface area (TPSA) is 89.7 Å². The number of ether oxygens (including phenoxy) is 1. The highest BCUT2D eigenvalue weighted by Gasteiger charge is 2.35. The zero-order valence-corrected chi connectivity index (χ0v) is 9.43. The summed E-state index contributed by atoms with van der Waals surface area (Å²) in [7, 11) is 1.22. The third-order valence-corrected chi connectivity index (χ3v) is 2.72. The van der Waals surface area contributed by atoms with Crippen molar-refractivity contribution in [3.05, 3.63) is 0 Å². The van der Waals surface area contributed by atoms with Crippen molar-refractivity contribution in [1.29, 1.82) is 0 Å². The molecule has 0 aromatic heterocycles. The second-order valence-electron chi connectivity index (χ2n) is 3.80. The highest BCUT2D eigenvalue weighted by Crippen LogP contribution is 2.16. The highest BCUT2D eigenvalue weighted by atomic mass is 16.5. The van der Waals surface area contributed by atoms with E-state index in [0.29, 0.717) is 19.3 Å². The van der Waals surface area contributed by atoms with E-state index in [2.05, 4.69) is 4.74 Å². The number of likely N-dealkylation sites (tertiary alicyclic amines) is 1. The van der Waals surface area contributed by atoms with Crippen LogP contribution in [0.5, 0.6) is 0 Å². The van der Waals surface area contributed by atoms with Gasteiger partial charge in [0.15, 0.2) is 0 Å². The van der Waals surface area contributed by atoms with E-state index in [-0.39, 0.29) is 11.8 Å². The van der Waals surface area contributed by atoms with Crippen LogP contribution in [-0.2, 0) is 19.1 Å². The Bertz CT molecular complexity index is 300. The van der Waals surface area contributed by atoms with Crippen molar-refractivity contribution in [3.63, 3.8) is 0 Å². The highest BCUT2D eigenvalue weighted by molar-refractivity contribution is 5.98. The number of carbonyl (C=O) groups excluding carboxylic acids is 3. The van der Waals surface area contributed by atoms with Crippen LogP contribution in [0.3, 0.4) is 0 Å².